The maximum atomic E-state index is 14.0. The SMILES string of the molecule is CCN(CC)C/C=C\c1cc(F)ccc1S(=O)(=O)Nc1ccc2c(c1C(=O)OC)OC[C@@H]1OCC[C@H]21. The molecule has 0 aromatic heterocycles. The fourth-order valence-electron chi connectivity index (χ4n) is 4.67. The fraction of sp³-hybridized carbons (Fsp3) is 0.423. The van der Waals surface area contributed by atoms with Crippen molar-refractivity contribution in [1.82, 2.24) is 4.90 Å². The van der Waals surface area contributed by atoms with Gasteiger partial charge in [0.1, 0.15) is 23.7 Å². The largest absolute Gasteiger partial charge is 0.490 e. The lowest BCUT2D eigenvalue weighted by atomic mass is 9.88. The van der Waals surface area contributed by atoms with Crippen LogP contribution in [-0.2, 0) is 19.5 Å². The average molecular weight is 519 g/mol. The van der Waals surface area contributed by atoms with Gasteiger partial charge in [-0.05, 0) is 49.3 Å². The Bertz CT molecular complexity index is 1260. The molecule has 0 amide bonds. The number of benzene rings is 2. The van der Waals surface area contributed by atoms with Crippen LogP contribution in [0.2, 0.25) is 0 Å². The Morgan fingerprint density at radius 1 is 1.25 bits per heavy atom. The molecular weight excluding hydrogens is 487 g/mol. The van der Waals surface area contributed by atoms with Crippen LogP contribution in [0.1, 0.15) is 47.7 Å². The van der Waals surface area contributed by atoms with Gasteiger partial charge in [0.15, 0.2) is 0 Å². The summed E-state index contributed by atoms with van der Waals surface area (Å²) < 4.78 is 60.0. The summed E-state index contributed by atoms with van der Waals surface area (Å²) in [5.41, 5.74) is 1.02. The second-order valence-corrected chi connectivity index (χ2v) is 10.3. The number of esters is 1. The van der Waals surface area contributed by atoms with Crippen LogP contribution < -0.4 is 9.46 Å². The Hall–Kier alpha value is -2.95. The van der Waals surface area contributed by atoms with E-state index in [-0.39, 0.29) is 40.3 Å². The topological polar surface area (TPSA) is 94.2 Å². The second kappa shape index (κ2) is 11.0. The Kier molecular flexibility index (Phi) is 7.97. The monoisotopic (exact) mass is 518 g/mol. The number of rotatable bonds is 9. The van der Waals surface area contributed by atoms with E-state index in [1.165, 1.54) is 25.3 Å². The number of carbonyl (C=O) groups excluding carboxylic acids is 1. The van der Waals surface area contributed by atoms with Gasteiger partial charge in [0, 0.05) is 24.6 Å². The van der Waals surface area contributed by atoms with Gasteiger partial charge in [-0.15, -0.1) is 0 Å². The highest BCUT2D eigenvalue weighted by atomic mass is 32.2. The van der Waals surface area contributed by atoms with Crippen LogP contribution in [0.25, 0.3) is 6.08 Å². The molecule has 8 nitrogen and oxygen atoms in total. The molecule has 0 radical (unpaired) electrons. The maximum Gasteiger partial charge on any atom is 0.343 e. The Labute approximate surface area is 211 Å². The first-order valence-corrected chi connectivity index (χ1v) is 13.5. The maximum absolute atomic E-state index is 14.0. The summed E-state index contributed by atoms with van der Waals surface area (Å²) in [6.45, 7) is 7.17. The third-order valence-corrected chi connectivity index (χ3v) is 8.08. The molecule has 0 unspecified atom stereocenters. The summed E-state index contributed by atoms with van der Waals surface area (Å²) in [5, 5.41) is 0. The molecule has 0 bridgehead atoms. The van der Waals surface area contributed by atoms with E-state index in [9.17, 15) is 17.6 Å². The molecule has 0 aliphatic carbocycles. The number of anilines is 1. The van der Waals surface area contributed by atoms with E-state index in [1.54, 1.807) is 18.2 Å². The number of ether oxygens (including phenoxy) is 3. The number of likely N-dealkylation sites (N-methyl/N-ethyl adjacent to an activating group) is 1. The van der Waals surface area contributed by atoms with Crippen molar-refractivity contribution in [2.45, 2.75) is 37.2 Å². The molecule has 10 heteroatoms. The van der Waals surface area contributed by atoms with Gasteiger partial charge in [0.25, 0.3) is 10.0 Å². The Morgan fingerprint density at radius 2 is 2.03 bits per heavy atom. The zero-order chi connectivity index (χ0) is 25.9. The van der Waals surface area contributed by atoms with Crippen molar-refractivity contribution < 1.29 is 31.8 Å². The minimum atomic E-state index is -4.20. The van der Waals surface area contributed by atoms with Gasteiger partial charge in [0.2, 0.25) is 0 Å². The van der Waals surface area contributed by atoms with E-state index in [0.29, 0.717) is 18.9 Å². The van der Waals surface area contributed by atoms with Crippen molar-refractivity contribution in [1.29, 1.82) is 0 Å². The zero-order valence-corrected chi connectivity index (χ0v) is 21.4. The van der Waals surface area contributed by atoms with Crippen molar-refractivity contribution in [2.75, 3.05) is 44.7 Å². The summed E-state index contributed by atoms with van der Waals surface area (Å²) in [7, 11) is -2.98. The molecule has 0 saturated carbocycles. The number of fused-ring (bicyclic) bond motifs is 3. The molecule has 2 atom stereocenters. The molecule has 2 aromatic carbocycles. The minimum absolute atomic E-state index is 0.00432. The number of hydrogen-bond acceptors (Lipinski definition) is 7. The van der Waals surface area contributed by atoms with E-state index < -0.39 is 21.8 Å². The minimum Gasteiger partial charge on any atom is -0.490 e. The van der Waals surface area contributed by atoms with E-state index in [4.69, 9.17) is 14.2 Å². The highest BCUT2D eigenvalue weighted by Gasteiger charge is 2.39. The van der Waals surface area contributed by atoms with Crippen LogP contribution in [-0.4, -0.2) is 65.3 Å². The first kappa shape index (κ1) is 26.1. The van der Waals surface area contributed by atoms with Gasteiger partial charge in [-0.1, -0.05) is 32.1 Å². The third kappa shape index (κ3) is 5.25. The van der Waals surface area contributed by atoms with Gasteiger partial charge in [0.05, 0.1) is 23.8 Å². The Balaban J connectivity index is 1.70. The number of sulfonamides is 1. The lowest BCUT2D eigenvalue weighted by Gasteiger charge is -2.29. The standard InChI is InChI=1S/C26H31FN2O6S/c1-4-29(5-2)13-6-7-17-15-18(27)8-11-23(17)36(31,32)28-21-10-9-20-19-12-14-34-22(19)16-35-25(20)24(21)26(30)33-3/h6-11,15,19,22,28H,4-5,12-14,16H2,1-3H3/b7-6-/t19-,22+/m1/s1. The number of nitrogens with zero attached hydrogens (tertiary/aromatic N) is 1. The summed E-state index contributed by atoms with van der Waals surface area (Å²) in [6.07, 6.45) is 4.07. The van der Waals surface area contributed by atoms with Gasteiger partial charge in [-0.3, -0.25) is 4.72 Å². The van der Waals surface area contributed by atoms with Gasteiger partial charge < -0.3 is 19.1 Å². The number of carbonyl (C=O) groups is 1. The summed E-state index contributed by atoms with van der Waals surface area (Å²) in [6, 6.07) is 6.76. The fourth-order valence-corrected chi connectivity index (χ4v) is 5.93. The molecule has 2 aliphatic heterocycles. The van der Waals surface area contributed by atoms with Crippen LogP contribution in [0.4, 0.5) is 10.1 Å². The second-order valence-electron chi connectivity index (χ2n) is 8.69. The molecule has 2 aliphatic rings. The van der Waals surface area contributed by atoms with Crippen molar-refractivity contribution in [2.24, 2.45) is 0 Å². The molecule has 1 saturated heterocycles. The van der Waals surface area contributed by atoms with Crippen LogP contribution in [0.15, 0.2) is 41.3 Å². The number of hydrogen-bond donors (Lipinski definition) is 1. The van der Waals surface area contributed by atoms with Crippen LogP contribution in [0, 0.1) is 5.82 Å². The summed E-state index contributed by atoms with van der Waals surface area (Å²) in [4.78, 5) is 14.8. The van der Waals surface area contributed by atoms with Crippen LogP contribution >= 0.6 is 0 Å². The molecule has 1 fully saturated rings. The van der Waals surface area contributed by atoms with Crippen LogP contribution in [0.5, 0.6) is 5.75 Å². The zero-order valence-electron chi connectivity index (χ0n) is 20.6. The number of nitrogens with one attached hydrogen (secondary N) is 1. The van der Waals surface area contributed by atoms with Gasteiger partial charge in [-0.2, -0.15) is 0 Å². The van der Waals surface area contributed by atoms with Crippen molar-refractivity contribution in [3.8, 4) is 5.75 Å². The molecule has 1 N–H and O–H groups in total. The molecule has 36 heavy (non-hydrogen) atoms. The number of halogens is 1. The predicted octanol–water partition coefficient (Wildman–Crippen LogP) is 4.03. The number of methoxy groups -OCH3 is 1. The van der Waals surface area contributed by atoms with E-state index >= 15 is 0 Å². The molecular formula is C26H31FN2O6S. The van der Waals surface area contributed by atoms with E-state index in [2.05, 4.69) is 9.62 Å². The third-order valence-electron chi connectivity index (χ3n) is 6.64. The molecule has 2 heterocycles. The lowest BCUT2D eigenvalue weighted by molar-refractivity contribution is 0.0469. The van der Waals surface area contributed by atoms with E-state index in [1.807, 2.05) is 13.8 Å². The van der Waals surface area contributed by atoms with Gasteiger partial charge >= 0.3 is 5.97 Å². The highest BCUT2D eigenvalue weighted by molar-refractivity contribution is 7.92. The quantitative estimate of drug-likeness (QED) is 0.501. The lowest BCUT2D eigenvalue weighted by Crippen LogP contribution is -2.30. The van der Waals surface area contributed by atoms with Gasteiger partial charge in [-0.25, -0.2) is 17.6 Å². The normalized spacial score (nSPS) is 19.1. The summed E-state index contributed by atoms with van der Waals surface area (Å²) >= 11 is 0. The summed E-state index contributed by atoms with van der Waals surface area (Å²) in [5.74, 6) is -0.919. The first-order valence-electron chi connectivity index (χ1n) is 12.0. The first-order chi connectivity index (χ1) is 17.3. The molecule has 194 valence electrons. The highest BCUT2D eigenvalue weighted by Crippen LogP contribution is 2.45. The Morgan fingerprint density at radius 3 is 2.75 bits per heavy atom. The van der Waals surface area contributed by atoms with Crippen molar-refractivity contribution >= 4 is 27.8 Å². The predicted molar refractivity (Wildman–Crippen MR) is 134 cm³/mol. The molecule has 4 rings (SSSR count). The average Bonchev–Trinajstić information content (AvgIpc) is 3.35. The van der Waals surface area contributed by atoms with Crippen LogP contribution in [0.3, 0.4) is 0 Å². The smallest absolute Gasteiger partial charge is 0.343 e. The molecule has 2 aromatic rings. The van der Waals surface area contributed by atoms with Crippen molar-refractivity contribution in [3.05, 3.63) is 58.9 Å². The van der Waals surface area contributed by atoms with E-state index in [0.717, 1.165) is 31.1 Å². The molecule has 0 spiro atoms. The van der Waals surface area contributed by atoms with Crippen molar-refractivity contribution in [3.63, 3.8) is 0 Å².